The van der Waals surface area contributed by atoms with Crippen LogP contribution in [0.25, 0.3) is 32.7 Å². The van der Waals surface area contributed by atoms with Crippen LogP contribution in [-0.2, 0) is 0 Å². The minimum Gasteiger partial charge on any atom is -0.456 e. The van der Waals surface area contributed by atoms with Crippen molar-refractivity contribution < 1.29 is 18.3 Å². The minimum absolute atomic E-state index is 0.0379. The van der Waals surface area contributed by atoms with Crippen molar-refractivity contribution >= 4 is 32.7 Å². The molecule has 0 saturated heterocycles. The SMILES string of the molecule is O=c1c2cc3c4c(ccc3cc2oc2cccc(F)c12)OCO4. The molecule has 0 amide bonds. The highest BCUT2D eigenvalue weighted by Gasteiger charge is 2.19. The maximum absolute atomic E-state index is 14.0. The first-order valence-electron chi connectivity index (χ1n) is 7.10. The van der Waals surface area contributed by atoms with Gasteiger partial charge in [0.25, 0.3) is 0 Å². The van der Waals surface area contributed by atoms with Gasteiger partial charge < -0.3 is 13.9 Å². The van der Waals surface area contributed by atoms with E-state index < -0.39 is 11.2 Å². The standard InChI is InChI=1S/C18H9FO4/c19-12-2-1-3-13-16(12)17(20)11-7-10-9(6-15(11)23-13)4-5-14-18(10)22-8-21-14/h1-7H,8H2. The summed E-state index contributed by atoms with van der Waals surface area (Å²) in [5.74, 6) is 0.641. The summed E-state index contributed by atoms with van der Waals surface area (Å²) in [6, 6.07) is 11.5. The molecule has 0 aliphatic carbocycles. The fraction of sp³-hybridized carbons (Fsp3) is 0.0556. The van der Waals surface area contributed by atoms with E-state index in [1.165, 1.54) is 12.1 Å². The predicted octanol–water partition coefficient (Wildman–Crippen LogP) is 3.97. The molecule has 3 aromatic carbocycles. The van der Waals surface area contributed by atoms with Gasteiger partial charge >= 0.3 is 0 Å². The average molecular weight is 308 g/mol. The van der Waals surface area contributed by atoms with Crippen molar-refractivity contribution in [2.45, 2.75) is 0 Å². The molecular formula is C18H9FO4. The number of ether oxygens (including phenoxy) is 2. The van der Waals surface area contributed by atoms with Gasteiger partial charge in [0.2, 0.25) is 12.2 Å². The first kappa shape index (κ1) is 12.5. The third-order valence-electron chi connectivity index (χ3n) is 4.12. The molecule has 4 aromatic rings. The predicted molar refractivity (Wildman–Crippen MR) is 83.6 cm³/mol. The van der Waals surface area contributed by atoms with E-state index in [9.17, 15) is 9.18 Å². The Bertz CT molecular complexity index is 1180. The van der Waals surface area contributed by atoms with Crippen LogP contribution in [0.5, 0.6) is 11.5 Å². The van der Waals surface area contributed by atoms with E-state index in [1.54, 1.807) is 18.2 Å². The van der Waals surface area contributed by atoms with Gasteiger partial charge in [-0.2, -0.15) is 0 Å². The van der Waals surface area contributed by atoms with E-state index in [2.05, 4.69) is 0 Å². The van der Waals surface area contributed by atoms with E-state index >= 15 is 0 Å². The van der Waals surface area contributed by atoms with Gasteiger partial charge in [0.1, 0.15) is 22.4 Å². The van der Waals surface area contributed by atoms with Crippen molar-refractivity contribution in [3.05, 3.63) is 58.5 Å². The van der Waals surface area contributed by atoms with Gasteiger partial charge in [0.15, 0.2) is 11.5 Å². The second-order valence-corrected chi connectivity index (χ2v) is 5.41. The molecule has 5 rings (SSSR count). The highest BCUT2D eigenvalue weighted by Crippen LogP contribution is 2.40. The number of fused-ring (bicyclic) bond motifs is 5. The molecule has 1 aromatic heterocycles. The molecule has 0 radical (unpaired) electrons. The van der Waals surface area contributed by atoms with E-state index in [0.29, 0.717) is 22.5 Å². The number of halogens is 1. The normalized spacial score (nSPS) is 13.3. The Labute approximate surface area is 128 Å². The molecule has 0 spiro atoms. The Kier molecular flexibility index (Phi) is 2.29. The number of benzene rings is 3. The summed E-state index contributed by atoms with van der Waals surface area (Å²) in [4.78, 5) is 12.7. The van der Waals surface area contributed by atoms with Crippen molar-refractivity contribution in [3.8, 4) is 11.5 Å². The minimum atomic E-state index is -0.587. The van der Waals surface area contributed by atoms with Crippen LogP contribution < -0.4 is 14.9 Å². The van der Waals surface area contributed by atoms with Crippen LogP contribution in [0.4, 0.5) is 4.39 Å². The van der Waals surface area contributed by atoms with Crippen LogP contribution in [0.2, 0.25) is 0 Å². The smallest absolute Gasteiger partial charge is 0.231 e. The third kappa shape index (κ3) is 1.61. The first-order valence-corrected chi connectivity index (χ1v) is 7.10. The van der Waals surface area contributed by atoms with Crippen LogP contribution in [0, 0.1) is 5.82 Å². The summed E-state index contributed by atoms with van der Waals surface area (Å²) in [5.41, 5.74) is 0.264. The van der Waals surface area contributed by atoms with Crippen LogP contribution in [0.15, 0.2) is 51.7 Å². The maximum atomic E-state index is 14.0. The Hall–Kier alpha value is -3.08. The zero-order valence-corrected chi connectivity index (χ0v) is 11.8. The molecule has 23 heavy (non-hydrogen) atoms. The highest BCUT2D eigenvalue weighted by molar-refractivity contribution is 6.02. The summed E-state index contributed by atoms with van der Waals surface area (Å²) in [6.45, 7) is 0.146. The zero-order chi connectivity index (χ0) is 15.6. The second-order valence-electron chi connectivity index (χ2n) is 5.41. The van der Waals surface area contributed by atoms with Gasteiger partial charge in [0.05, 0.1) is 5.39 Å². The molecule has 5 heteroatoms. The Morgan fingerprint density at radius 3 is 2.78 bits per heavy atom. The number of hydrogen-bond acceptors (Lipinski definition) is 4. The largest absolute Gasteiger partial charge is 0.456 e. The van der Waals surface area contributed by atoms with E-state index in [0.717, 1.165) is 10.8 Å². The van der Waals surface area contributed by atoms with Crippen molar-refractivity contribution in [1.29, 1.82) is 0 Å². The highest BCUT2D eigenvalue weighted by atomic mass is 19.1. The van der Waals surface area contributed by atoms with Gasteiger partial charge in [-0.3, -0.25) is 4.79 Å². The molecule has 0 fully saturated rings. The molecule has 0 saturated carbocycles. The first-order chi connectivity index (χ1) is 11.2. The van der Waals surface area contributed by atoms with E-state index in [4.69, 9.17) is 13.9 Å². The molecule has 0 N–H and O–H groups in total. The van der Waals surface area contributed by atoms with Gasteiger partial charge in [-0.05, 0) is 35.7 Å². The van der Waals surface area contributed by atoms with E-state index in [-0.39, 0.29) is 17.8 Å². The van der Waals surface area contributed by atoms with Crippen molar-refractivity contribution in [1.82, 2.24) is 0 Å². The Morgan fingerprint density at radius 2 is 1.87 bits per heavy atom. The molecule has 4 nitrogen and oxygen atoms in total. The Balaban J connectivity index is 2.00. The third-order valence-corrected chi connectivity index (χ3v) is 4.12. The maximum Gasteiger partial charge on any atom is 0.231 e. The van der Waals surface area contributed by atoms with Crippen LogP contribution in [0.1, 0.15) is 0 Å². The second kappa shape index (κ2) is 4.23. The molecule has 112 valence electrons. The fourth-order valence-electron chi connectivity index (χ4n) is 3.04. The fourth-order valence-corrected chi connectivity index (χ4v) is 3.04. The average Bonchev–Trinajstić information content (AvgIpc) is 3.02. The molecule has 2 heterocycles. The molecule has 0 bridgehead atoms. The van der Waals surface area contributed by atoms with Crippen LogP contribution in [-0.4, -0.2) is 6.79 Å². The topological polar surface area (TPSA) is 48.7 Å². The number of hydrogen-bond donors (Lipinski definition) is 0. The van der Waals surface area contributed by atoms with Crippen molar-refractivity contribution in [2.24, 2.45) is 0 Å². The van der Waals surface area contributed by atoms with Gasteiger partial charge in [0, 0.05) is 5.39 Å². The summed E-state index contributed by atoms with van der Waals surface area (Å²) >= 11 is 0. The molecular weight excluding hydrogens is 299 g/mol. The van der Waals surface area contributed by atoms with Crippen molar-refractivity contribution in [2.75, 3.05) is 6.79 Å². The lowest BCUT2D eigenvalue weighted by molar-refractivity contribution is 0.175. The summed E-state index contributed by atoms with van der Waals surface area (Å²) in [7, 11) is 0. The van der Waals surface area contributed by atoms with Gasteiger partial charge in [-0.1, -0.05) is 12.1 Å². The molecule has 0 unspecified atom stereocenters. The number of rotatable bonds is 0. The summed E-state index contributed by atoms with van der Waals surface area (Å²) in [6.07, 6.45) is 0. The molecule has 1 aliphatic rings. The van der Waals surface area contributed by atoms with Crippen LogP contribution >= 0.6 is 0 Å². The lowest BCUT2D eigenvalue weighted by Gasteiger charge is -2.06. The lowest BCUT2D eigenvalue weighted by Crippen LogP contribution is -2.04. The van der Waals surface area contributed by atoms with Crippen molar-refractivity contribution in [3.63, 3.8) is 0 Å². The van der Waals surface area contributed by atoms with Gasteiger partial charge in [-0.25, -0.2) is 4.39 Å². The lowest BCUT2D eigenvalue weighted by atomic mass is 10.0. The zero-order valence-electron chi connectivity index (χ0n) is 11.8. The Morgan fingerprint density at radius 1 is 0.957 bits per heavy atom. The summed E-state index contributed by atoms with van der Waals surface area (Å²) < 4.78 is 30.6. The van der Waals surface area contributed by atoms with Crippen LogP contribution in [0.3, 0.4) is 0 Å². The van der Waals surface area contributed by atoms with Gasteiger partial charge in [-0.15, -0.1) is 0 Å². The molecule has 1 aliphatic heterocycles. The summed E-state index contributed by atoms with van der Waals surface area (Å²) in [5, 5.41) is 1.89. The monoisotopic (exact) mass is 308 g/mol. The molecule has 0 atom stereocenters. The quantitative estimate of drug-likeness (QED) is 0.461. The van der Waals surface area contributed by atoms with E-state index in [1.807, 2.05) is 12.1 Å².